The quantitative estimate of drug-likeness (QED) is 0.327. The van der Waals surface area contributed by atoms with Crippen molar-refractivity contribution < 1.29 is 22.7 Å². The molecule has 0 aromatic heterocycles. The lowest BCUT2D eigenvalue weighted by Gasteiger charge is -2.32. The summed E-state index contributed by atoms with van der Waals surface area (Å²) in [5, 5.41) is 3.50. The average molecular weight is 584 g/mol. The van der Waals surface area contributed by atoms with Crippen LogP contribution >= 0.6 is 11.6 Å². The number of ether oxygens (including phenoxy) is 1. The lowest BCUT2D eigenvalue weighted by Crippen LogP contribution is -2.52. The topological polar surface area (TPSA) is 96.0 Å². The number of halogens is 1. The first kappa shape index (κ1) is 29.4. The minimum atomic E-state index is -3.85. The summed E-state index contributed by atoms with van der Waals surface area (Å²) in [4.78, 5) is 28.3. The first-order valence-corrected chi connectivity index (χ1v) is 15.5. The maximum atomic E-state index is 13.8. The van der Waals surface area contributed by atoms with Gasteiger partial charge in [0.1, 0.15) is 24.1 Å². The summed E-state index contributed by atoms with van der Waals surface area (Å²) in [7, 11) is -3.85. The van der Waals surface area contributed by atoms with Crippen molar-refractivity contribution in [2.24, 2.45) is 0 Å². The molecule has 0 bridgehead atoms. The molecule has 1 aliphatic carbocycles. The van der Waals surface area contributed by atoms with Gasteiger partial charge in [0.05, 0.1) is 11.9 Å². The van der Waals surface area contributed by atoms with Gasteiger partial charge in [-0.25, -0.2) is 8.42 Å². The molecule has 1 aliphatic rings. The van der Waals surface area contributed by atoms with E-state index in [4.69, 9.17) is 16.3 Å². The molecule has 0 unspecified atom stereocenters. The Bertz CT molecular complexity index is 1410. The Balaban J connectivity index is 1.56. The Morgan fingerprint density at radius 2 is 1.55 bits per heavy atom. The van der Waals surface area contributed by atoms with Crippen LogP contribution in [0.2, 0.25) is 5.02 Å². The molecule has 0 heterocycles. The standard InChI is InChI=1S/C30H34ClN3O5S/c1-22(30(36)32-24-11-7-8-12-24)33(20-23-10-6-9-15-28(23)31)29(35)21-34(40(2,37)38)25-16-18-27(19-17-25)39-26-13-4-3-5-14-26/h3-6,9-10,13-19,22,24H,7-8,11-12,20-21H2,1-2H3,(H,32,36)/t22-/m0/s1. The van der Waals surface area contributed by atoms with Crippen molar-refractivity contribution in [3.05, 3.63) is 89.4 Å². The molecule has 3 aromatic rings. The van der Waals surface area contributed by atoms with Gasteiger partial charge in [0.15, 0.2) is 0 Å². The van der Waals surface area contributed by atoms with E-state index in [1.165, 1.54) is 4.90 Å². The number of nitrogens with one attached hydrogen (secondary N) is 1. The van der Waals surface area contributed by atoms with Gasteiger partial charge in [-0.15, -0.1) is 0 Å². The summed E-state index contributed by atoms with van der Waals surface area (Å²) >= 11 is 6.39. The highest BCUT2D eigenvalue weighted by molar-refractivity contribution is 7.92. The van der Waals surface area contributed by atoms with Crippen LogP contribution in [0.15, 0.2) is 78.9 Å². The van der Waals surface area contributed by atoms with Crippen molar-refractivity contribution in [3.8, 4) is 11.5 Å². The fourth-order valence-corrected chi connectivity index (χ4v) is 5.75. The average Bonchev–Trinajstić information content (AvgIpc) is 3.44. The summed E-state index contributed by atoms with van der Waals surface area (Å²) in [6, 6.07) is 22.0. The van der Waals surface area contributed by atoms with E-state index in [2.05, 4.69) is 5.32 Å². The van der Waals surface area contributed by atoms with Crippen LogP contribution in [0, 0.1) is 0 Å². The fourth-order valence-electron chi connectivity index (χ4n) is 4.70. The van der Waals surface area contributed by atoms with Crippen molar-refractivity contribution in [1.82, 2.24) is 10.2 Å². The third-order valence-corrected chi connectivity index (χ3v) is 8.46. The van der Waals surface area contributed by atoms with Crippen LogP contribution in [-0.2, 0) is 26.2 Å². The molecule has 40 heavy (non-hydrogen) atoms. The molecule has 0 aliphatic heterocycles. The first-order chi connectivity index (χ1) is 19.1. The largest absolute Gasteiger partial charge is 0.457 e. The smallest absolute Gasteiger partial charge is 0.244 e. The molecule has 2 amide bonds. The van der Waals surface area contributed by atoms with Crippen LogP contribution in [-0.4, -0.2) is 50.0 Å². The number of benzene rings is 3. The van der Waals surface area contributed by atoms with E-state index >= 15 is 0 Å². The number of nitrogens with zero attached hydrogens (tertiary/aromatic N) is 2. The summed E-state index contributed by atoms with van der Waals surface area (Å²) in [6.45, 7) is 1.22. The van der Waals surface area contributed by atoms with E-state index in [0.717, 1.165) is 36.2 Å². The second-order valence-electron chi connectivity index (χ2n) is 9.96. The molecule has 10 heteroatoms. The first-order valence-electron chi connectivity index (χ1n) is 13.3. The SMILES string of the molecule is C[C@@H](C(=O)NC1CCCC1)N(Cc1ccccc1Cl)C(=O)CN(c1ccc(Oc2ccccc2)cc1)S(C)(=O)=O. The fraction of sp³-hybridized carbons (Fsp3) is 0.333. The maximum Gasteiger partial charge on any atom is 0.244 e. The molecule has 212 valence electrons. The molecule has 1 fully saturated rings. The van der Waals surface area contributed by atoms with Gasteiger partial charge >= 0.3 is 0 Å². The van der Waals surface area contributed by atoms with E-state index in [1.54, 1.807) is 55.5 Å². The van der Waals surface area contributed by atoms with Gasteiger partial charge < -0.3 is 15.0 Å². The molecule has 4 rings (SSSR count). The Hall–Kier alpha value is -3.56. The molecular formula is C30H34ClN3O5S. The highest BCUT2D eigenvalue weighted by Crippen LogP contribution is 2.26. The summed E-state index contributed by atoms with van der Waals surface area (Å²) in [5.41, 5.74) is 0.961. The molecule has 0 radical (unpaired) electrons. The van der Waals surface area contributed by atoms with E-state index in [-0.39, 0.29) is 18.5 Å². The molecule has 1 N–H and O–H groups in total. The molecular weight excluding hydrogens is 550 g/mol. The van der Waals surface area contributed by atoms with Crippen LogP contribution in [0.1, 0.15) is 38.2 Å². The molecule has 1 atom stereocenters. The van der Waals surface area contributed by atoms with Gasteiger partial charge in [0.2, 0.25) is 21.8 Å². The number of hydrogen-bond acceptors (Lipinski definition) is 5. The van der Waals surface area contributed by atoms with Crippen molar-refractivity contribution in [1.29, 1.82) is 0 Å². The van der Waals surface area contributed by atoms with Gasteiger partial charge in [-0.3, -0.25) is 13.9 Å². The zero-order valence-corrected chi connectivity index (χ0v) is 24.2. The van der Waals surface area contributed by atoms with Crippen LogP contribution in [0.5, 0.6) is 11.5 Å². The van der Waals surface area contributed by atoms with Crippen molar-refractivity contribution in [3.63, 3.8) is 0 Å². The summed E-state index contributed by atoms with van der Waals surface area (Å²) in [6.07, 6.45) is 4.97. The molecule has 0 spiro atoms. The normalized spacial score (nSPS) is 14.4. The van der Waals surface area contributed by atoms with Gasteiger partial charge in [-0.05, 0) is 67.8 Å². The Kier molecular flexibility index (Phi) is 9.71. The van der Waals surface area contributed by atoms with E-state index in [1.807, 2.05) is 30.3 Å². The highest BCUT2D eigenvalue weighted by atomic mass is 35.5. The van der Waals surface area contributed by atoms with Crippen LogP contribution in [0.4, 0.5) is 5.69 Å². The molecule has 8 nitrogen and oxygen atoms in total. The number of amides is 2. The van der Waals surface area contributed by atoms with Crippen molar-refractivity contribution in [2.75, 3.05) is 17.1 Å². The second kappa shape index (κ2) is 13.2. The lowest BCUT2D eigenvalue weighted by atomic mass is 10.1. The Morgan fingerprint density at radius 3 is 2.17 bits per heavy atom. The van der Waals surface area contributed by atoms with Crippen molar-refractivity contribution in [2.45, 2.75) is 51.2 Å². The number of anilines is 1. The minimum absolute atomic E-state index is 0.0548. The molecule has 1 saturated carbocycles. The number of carbonyl (C=O) groups is 2. The number of para-hydroxylation sites is 1. The Morgan fingerprint density at radius 1 is 0.950 bits per heavy atom. The predicted molar refractivity (Wildman–Crippen MR) is 157 cm³/mol. The van der Waals surface area contributed by atoms with E-state index in [9.17, 15) is 18.0 Å². The third kappa shape index (κ3) is 7.76. The highest BCUT2D eigenvalue weighted by Gasteiger charge is 2.31. The second-order valence-corrected chi connectivity index (χ2v) is 12.3. The van der Waals surface area contributed by atoms with Gasteiger partial charge in [-0.1, -0.05) is 60.8 Å². The van der Waals surface area contributed by atoms with Gasteiger partial charge in [-0.2, -0.15) is 0 Å². The Labute approximate surface area is 240 Å². The zero-order chi connectivity index (χ0) is 28.7. The van der Waals surface area contributed by atoms with Crippen LogP contribution in [0.3, 0.4) is 0 Å². The molecule has 0 saturated heterocycles. The molecule has 3 aromatic carbocycles. The monoisotopic (exact) mass is 583 g/mol. The zero-order valence-electron chi connectivity index (χ0n) is 22.6. The van der Waals surface area contributed by atoms with Crippen LogP contribution < -0.4 is 14.4 Å². The van der Waals surface area contributed by atoms with Crippen LogP contribution in [0.25, 0.3) is 0 Å². The summed E-state index contributed by atoms with van der Waals surface area (Å²) < 4.78 is 32.5. The van der Waals surface area contributed by atoms with E-state index < -0.39 is 28.5 Å². The number of carbonyl (C=O) groups excluding carboxylic acids is 2. The van der Waals surface area contributed by atoms with E-state index in [0.29, 0.717) is 27.8 Å². The predicted octanol–water partition coefficient (Wildman–Crippen LogP) is 5.37. The third-order valence-electron chi connectivity index (χ3n) is 6.95. The summed E-state index contributed by atoms with van der Waals surface area (Å²) in [5.74, 6) is 0.363. The van der Waals surface area contributed by atoms with Gasteiger partial charge in [0.25, 0.3) is 0 Å². The lowest BCUT2D eigenvalue weighted by molar-refractivity contribution is -0.139. The maximum absolute atomic E-state index is 13.8. The van der Waals surface area contributed by atoms with Gasteiger partial charge in [0, 0.05) is 17.6 Å². The number of rotatable bonds is 11. The number of sulfonamides is 1. The van der Waals surface area contributed by atoms with Crippen molar-refractivity contribution >= 4 is 39.1 Å². The minimum Gasteiger partial charge on any atom is -0.457 e. The number of hydrogen-bond donors (Lipinski definition) is 1.